The molecule has 0 amide bonds. The molecule has 0 radical (unpaired) electrons. The molecule has 0 bridgehead atoms. The fraction of sp³-hybridized carbons (Fsp3) is 0.282. The van der Waals surface area contributed by atoms with Crippen LogP contribution in [0.5, 0.6) is 11.5 Å². The van der Waals surface area contributed by atoms with Crippen molar-refractivity contribution >= 4 is 13.8 Å². The van der Waals surface area contributed by atoms with Crippen molar-refractivity contribution in [1.29, 1.82) is 0 Å². The molecular weight excluding hydrogens is 575 g/mol. The minimum atomic E-state index is -2.12. The van der Waals surface area contributed by atoms with Crippen molar-refractivity contribution in [2.75, 3.05) is 14.2 Å². The highest BCUT2D eigenvalue weighted by Gasteiger charge is 2.41. The van der Waals surface area contributed by atoms with Gasteiger partial charge in [0.25, 0.3) is 5.69 Å². The Balaban J connectivity index is 2.32. The molecule has 0 atom stereocenters. The summed E-state index contributed by atoms with van der Waals surface area (Å²) in [4.78, 5) is 10.7. The van der Waals surface area contributed by atoms with Crippen molar-refractivity contribution in [3.05, 3.63) is 111 Å². The molecule has 3 rings (SSSR count). The molecule has 0 saturated heterocycles. The molecule has 0 spiro atoms. The number of nitro groups is 1. The molecule has 6 heteroatoms. The van der Waals surface area contributed by atoms with E-state index in [9.17, 15) is 10.1 Å². The van der Waals surface area contributed by atoms with E-state index in [2.05, 4.69) is 88.5 Å². The maximum absolute atomic E-state index is 11.2. The minimum absolute atomic E-state index is 0.00842. The zero-order chi connectivity index (χ0) is 33.0. The molecule has 0 heterocycles. The Hall–Kier alpha value is -5.14. The minimum Gasteiger partial charge on any atom is -0.497 e. The lowest BCUT2D eigenvalue weighted by atomic mass is 10.1. The van der Waals surface area contributed by atoms with E-state index in [1.54, 1.807) is 26.4 Å². The Morgan fingerprint density at radius 1 is 0.600 bits per heavy atom. The number of non-ortho nitro benzene ring substituents is 1. The predicted octanol–water partition coefficient (Wildman–Crippen LogP) is 8.58. The van der Waals surface area contributed by atoms with Crippen molar-refractivity contribution < 1.29 is 14.4 Å². The van der Waals surface area contributed by atoms with Gasteiger partial charge in [-0.25, -0.2) is 0 Å². The number of allylic oxidation sites excluding steroid dienone is 2. The van der Waals surface area contributed by atoms with Crippen molar-refractivity contribution in [3.63, 3.8) is 0 Å². The van der Waals surface area contributed by atoms with E-state index < -0.39 is 13.0 Å². The van der Waals surface area contributed by atoms with Crippen molar-refractivity contribution in [3.8, 4) is 58.5 Å². The van der Waals surface area contributed by atoms with Crippen LogP contribution in [0.2, 0.25) is 16.6 Å². The number of hydrogen-bond donors (Lipinski definition) is 0. The summed E-state index contributed by atoms with van der Waals surface area (Å²) in [6.07, 6.45) is 0. The van der Waals surface area contributed by atoms with Crippen LogP contribution in [-0.2, 0) is 0 Å². The van der Waals surface area contributed by atoms with Crippen molar-refractivity contribution in [2.24, 2.45) is 0 Å². The maximum Gasteiger partial charge on any atom is 0.269 e. The highest BCUT2D eigenvalue weighted by atomic mass is 28.3. The van der Waals surface area contributed by atoms with Crippen LogP contribution in [0.3, 0.4) is 0 Å². The first kappa shape index (κ1) is 34.3. The summed E-state index contributed by atoms with van der Waals surface area (Å²) < 4.78 is 10.6. The van der Waals surface area contributed by atoms with Crippen molar-refractivity contribution in [1.82, 2.24) is 0 Å². The molecule has 0 N–H and O–H groups in total. The van der Waals surface area contributed by atoms with Gasteiger partial charge in [0.1, 0.15) is 19.6 Å². The van der Waals surface area contributed by atoms with Gasteiger partial charge in [-0.05, 0) is 77.3 Å². The summed E-state index contributed by atoms with van der Waals surface area (Å²) in [7, 11) is 1.13. The summed E-state index contributed by atoms with van der Waals surface area (Å²) >= 11 is 0. The lowest BCUT2D eigenvalue weighted by Gasteiger charge is -2.38. The lowest BCUT2D eigenvalue weighted by molar-refractivity contribution is -0.384. The average Bonchev–Trinajstić information content (AvgIpc) is 3.03. The summed E-state index contributed by atoms with van der Waals surface area (Å²) in [5, 5.41) is 11.2. The molecule has 228 valence electrons. The molecule has 5 nitrogen and oxygen atoms in total. The van der Waals surface area contributed by atoms with Gasteiger partial charge in [0.05, 0.1) is 30.3 Å². The molecule has 0 aliphatic heterocycles. The Labute approximate surface area is 269 Å². The van der Waals surface area contributed by atoms with E-state index in [0.717, 1.165) is 22.6 Å². The number of ether oxygens (including phenoxy) is 2. The molecular formula is C39H39NO4Si. The van der Waals surface area contributed by atoms with Crippen LogP contribution in [0.15, 0.2) is 83.9 Å². The molecule has 0 aliphatic carbocycles. The Bertz CT molecular complexity index is 1680. The van der Waals surface area contributed by atoms with Crippen LogP contribution in [0, 0.1) is 57.1 Å². The van der Waals surface area contributed by atoms with Gasteiger partial charge in [-0.15, -0.1) is 5.54 Å². The van der Waals surface area contributed by atoms with Crippen molar-refractivity contribution in [2.45, 2.75) is 58.2 Å². The largest absolute Gasteiger partial charge is 0.497 e. The monoisotopic (exact) mass is 613 g/mol. The summed E-state index contributed by atoms with van der Waals surface area (Å²) in [5.41, 5.74) is 8.30. The first-order valence-electron chi connectivity index (χ1n) is 14.9. The van der Waals surface area contributed by atoms with E-state index in [0.29, 0.717) is 33.3 Å². The maximum atomic E-state index is 11.2. The topological polar surface area (TPSA) is 61.6 Å². The van der Waals surface area contributed by atoms with Gasteiger partial charge in [0.2, 0.25) is 0 Å². The highest BCUT2D eigenvalue weighted by molar-refractivity contribution is 6.90. The third-order valence-electron chi connectivity index (χ3n) is 7.77. The van der Waals surface area contributed by atoms with E-state index in [1.165, 1.54) is 12.1 Å². The van der Waals surface area contributed by atoms with Gasteiger partial charge in [-0.3, -0.25) is 10.1 Å². The fourth-order valence-electron chi connectivity index (χ4n) is 5.34. The standard InChI is InChI=1S/C39H39NO4Si/c1-29(2)45(30(3)4,31(5)6)28-27-36(20-11-32-12-21-37(22-13-32)40(41)42)35(18-9-33-14-23-38(43-7)24-15-33)19-10-34-16-25-39(44-8)26-17-34/h12-17,21-26,29-31H,1-8H3. The zero-order valence-electron chi connectivity index (χ0n) is 27.2. The second-order valence-electron chi connectivity index (χ2n) is 11.4. The number of rotatable bonds is 6. The number of methoxy groups -OCH3 is 2. The fourth-order valence-corrected chi connectivity index (χ4v) is 10.5. The SMILES string of the molecule is COc1ccc(C#CC(C#Cc2ccc(OC)cc2)=C(C#Cc2ccc([N+](=O)[O-])cc2)C#C[Si](C(C)C)(C(C)C)C(C)C)cc1. The van der Waals surface area contributed by atoms with Crippen LogP contribution in [0.1, 0.15) is 58.2 Å². The van der Waals surface area contributed by atoms with Crippen LogP contribution >= 0.6 is 0 Å². The molecule has 0 saturated carbocycles. The molecule has 0 fully saturated rings. The van der Waals surface area contributed by atoms with E-state index >= 15 is 0 Å². The Morgan fingerprint density at radius 2 is 0.933 bits per heavy atom. The van der Waals surface area contributed by atoms with Gasteiger partial charge >= 0.3 is 0 Å². The zero-order valence-corrected chi connectivity index (χ0v) is 28.2. The van der Waals surface area contributed by atoms with Crippen LogP contribution in [0.25, 0.3) is 0 Å². The van der Waals surface area contributed by atoms with Crippen LogP contribution in [0.4, 0.5) is 5.69 Å². The van der Waals surface area contributed by atoms with Gasteiger partial charge in [0, 0.05) is 28.8 Å². The number of nitrogens with zero attached hydrogens (tertiary/aromatic N) is 1. The van der Waals surface area contributed by atoms with E-state index in [4.69, 9.17) is 9.47 Å². The third kappa shape index (κ3) is 9.17. The number of nitro benzene ring substituents is 1. The average molecular weight is 614 g/mol. The van der Waals surface area contributed by atoms with Gasteiger partial charge in [-0.1, -0.05) is 83.0 Å². The molecule has 0 aromatic heterocycles. The lowest BCUT2D eigenvalue weighted by Crippen LogP contribution is -2.43. The molecule has 3 aromatic carbocycles. The van der Waals surface area contributed by atoms with Crippen LogP contribution in [-0.4, -0.2) is 27.2 Å². The molecule has 3 aromatic rings. The van der Waals surface area contributed by atoms with Crippen LogP contribution < -0.4 is 9.47 Å². The first-order valence-corrected chi connectivity index (χ1v) is 17.1. The predicted molar refractivity (Wildman–Crippen MR) is 186 cm³/mol. The van der Waals surface area contributed by atoms with E-state index in [-0.39, 0.29) is 5.69 Å². The second kappa shape index (κ2) is 16.1. The Kier molecular flexibility index (Phi) is 12.3. The number of hydrogen-bond acceptors (Lipinski definition) is 4. The summed E-state index contributed by atoms with van der Waals surface area (Å²) in [6, 6.07) is 21.2. The Morgan fingerprint density at radius 3 is 1.24 bits per heavy atom. The first-order chi connectivity index (χ1) is 21.5. The third-order valence-corrected chi connectivity index (χ3v) is 14.1. The normalized spacial score (nSPS) is 10.3. The van der Waals surface area contributed by atoms with E-state index in [1.807, 2.05) is 48.5 Å². The smallest absolute Gasteiger partial charge is 0.269 e. The molecule has 0 unspecified atom stereocenters. The quantitative estimate of drug-likeness (QED) is 0.121. The molecule has 0 aliphatic rings. The summed E-state index contributed by atoms with van der Waals surface area (Å²) in [6.45, 7) is 13.6. The number of benzene rings is 3. The molecule has 45 heavy (non-hydrogen) atoms. The highest BCUT2D eigenvalue weighted by Crippen LogP contribution is 2.40. The second-order valence-corrected chi connectivity index (χ2v) is 17.0. The van der Waals surface area contributed by atoms with Gasteiger partial charge in [0.15, 0.2) is 0 Å². The summed E-state index contributed by atoms with van der Waals surface area (Å²) in [5.74, 6) is 24.4. The van der Waals surface area contributed by atoms with Gasteiger partial charge < -0.3 is 9.47 Å². The van der Waals surface area contributed by atoms with Gasteiger partial charge in [-0.2, -0.15) is 0 Å².